The SMILES string of the molecule is CN1CCCCC1CN1CCC(c2nnc3ccc(N4CCC4)nn23)CC1. The molecule has 0 spiro atoms. The van der Waals surface area contributed by atoms with Crippen molar-refractivity contribution in [2.24, 2.45) is 0 Å². The Labute approximate surface area is 161 Å². The molecular weight excluding hydrogens is 338 g/mol. The number of likely N-dealkylation sites (tertiary alicyclic amines) is 2. The monoisotopic (exact) mass is 369 g/mol. The minimum absolute atomic E-state index is 0.472. The molecule has 0 N–H and O–H groups in total. The van der Waals surface area contributed by atoms with Crippen molar-refractivity contribution in [1.29, 1.82) is 0 Å². The van der Waals surface area contributed by atoms with Crippen LogP contribution in [0.4, 0.5) is 5.82 Å². The largest absolute Gasteiger partial charge is 0.355 e. The van der Waals surface area contributed by atoms with Crippen LogP contribution in [0.1, 0.15) is 50.3 Å². The molecule has 3 aliphatic heterocycles. The number of rotatable bonds is 4. The second-order valence-corrected chi connectivity index (χ2v) is 8.57. The summed E-state index contributed by atoms with van der Waals surface area (Å²) in [6.45, 7) is 7.04. The van der Waals surface area contributed by atoms with Crippen molar-refractivity contribution in [3.05, 3.63) is 18.0 Å². The topological polar surface area (TPSA) is 52.8 Å². The summed E-state index contributed by atoms with van der Waals surface area (Å²) in [4.78, 5) is 7.54. The first-order chi connectivity index (χ1) is 13.3. The normalized spacial score (nSPS) is 25.8. The number of hydrogen-bond donors (Lipinski definition) is 0. The van der Waals surface area contributed by atoms with Crippen molar-refractivity contribution in [2.45, 2.75) is 50.5 Å². The molecule has 0 aliphatic carbocycles. The lowest BCUT2D eigenvalue weighted by Gasteiger charge is -2.38. The van der Waals surface area contributed by atoms with Crippen LogP contribution >= 0.6 is 0 Å². The first-order valence-electron chi connectivity index (χ1n) is 10.7. The summed E-state index contributed by atoms with van der Waals surface area (Å²) in [5, 5.41) is 13.7. The van der Waals surface area contributed by atoms with E-state index in [1.165, 1.54) is 38.8 Å². The van der Waals surface area contributed by atoms with Crippen molar-refractivity contribution >= 4 is 11.5 Å². The quantitative estimate of drug-likeness (QED) is 0.822. The van der Waals surface area contributed by atoms with Crippen LogP contribution in [-0.4, -0.2) is 82.0 Å². The van der Waals surface area contributed by atoms with E-state index < -0.39 is 0 Å². The first kappa shape index (κ1) is 17.4. The molecule has 5 rings (SSSR count). The van der Waals surface area contributed by atoms with Gasteiger partial charge in [-0.05, 0) is 70.9 Å². The highest BCUT2D eigenvalue weighted by atomic mass is 15.4. The lowest BCUT2D eigenvalue weighted by molar-refractivity contribution is 0.111. The molecule has 0 amide bonds. The lowest BCUT2D eigenvalue weighted by atomic mass is 9.95. The summed E-state index contributed by atoms with van der Waals surface area (Å²) >= 11 is 0. The minimum atomic E-state index is 0.472. The molecule has 1 atom stereocenters. The Hall–Kier alpha value is -1.73. The van der Waals surface area contributed by atoms with Crippen molar-refractivity contribution in [3.8, 4) is 0 Å². The maximum Gasteiger partial charge on any atom is 0.178 e. The number of piperidine rings is 2. The number of anilines is 1. The van der Waals surface area contributed by atoms with Gasteiger partial charge >= 0.3 is 0 Å². The maximum atomic E-state index is 4.85. The van der Waals surface area contributed by atoms with Crippen LogP contribution in [0.15, 0.2) is 12.1 Å². The first-order valence-corrected chi connectivity index (χ1v) is 10.7. The van der Waals surface area contributed by atoms with Crippen LogP contribution in [0.25, 0.3) is 5.65 Å². The molecule has 146 valence electrons. The zero-order chi connectivity index (χ0) is 18.2. The van der Waals surface area contributed by atoms with Crippen LogP contribution in [-0.2, 0) is 0 Å². The average Bonchev–Trinajstić information content (AvgIpc) is 3.06. The summed E-state index contributed by atoms with van der Waals surface area (Å²) in [6, 6.07) is 4.88. The fourth-order valence-corrected chi connectivity index (χ4v) is 4.81. The summed E-state index contributed by atoms with van der Waals surface area (Å²) < 4.78 is 2.00. The van der Waals surface area contributed by atoms with E-state index in [0.29, 0.717) is 5.92 Å². The van der Waals surface area contributed by atoms with Gasteiger partial charge in [-0.1, -0.05) is 6.42 Å². The zero-order valence-electron chi connectivity index (χ0n) is 16.4. The molecule has 2 aromatic rings. The number of hydrogen-bond acceptors (Lipinski definition) is 6. The Balaban J connectivity index is 1.25. The van der Waals surface area contributed by atoms with Gasteiger partial charge in [-0.3, -0.25) is 0 Å². The van der Waals surface area contributed by atoms with Gasteiger partial charge in [0.1, 0.15) is 5.82 Å². The molecule has 3 aliphatic rings. The van der Waals surface area contributed by atoms with E-state index in [1.54, 1.807) is 0 Å². The highest BCUT2D eigenvalue weighted by molar-refractivity contribution is 5.47. The molecular formula is C20H31N7. The predicted molar refractivity (Wildman–Crippen MR) is 106 cm³/mol. The molecule has 0 bridgehead atoms. The van der Waals surface area contributed by atoms with E-state index in [9.17, 15) is 0 Å². The molecule has 2 aromatic heterocycles. The third-order valence-electron chi connectivity index (χ3n) is 6.80. The third kappa shape index (κ3) is 3.43. The molecule has 7 nitrogen and oxygen atoms in total. The zero-order valence-corrected chi connectivity index (χ0v) is 16.4. The number of fused-ring (bicyclic) bond motifs is 1. The number of nitrogens with zero attached hydrogens (tertiary/aromatic N) is 7. The van der Waals surface area contributed by atoms with Crippen LogP contribution in [0.3, 0.4) is 0 Å². The molecule has 0 aromatic carbocycles. The van der Waals surface area contributed by atoms with Gasteiger partial charge in [0.25, 0.3) is 0 Å². The van der Waals surface area contributed by atoms with Crippen molar-refractivity contribution in [3.63, 3.8) is 0 Å². The summed E-state index contributed by atoms with van der Waals surface area (Å²) in [5.41, 5.74) is 0.875. The van der Waals surface area contributed by atoms with E-state index in [1.807, 2.05) is 4.52 Å². The van der Waals surface area contributed by atoms with Crippen molar-refractivity contribution < 1.29 is 0 Å². The highest BCUT2D eigenvalue weighted by Gasteiger charge is 2.28. The van der Waals surface area contributed by atoms with Crippen LogP contribution in [0.2, 0.25) is 0 Å². The highest BCUT2D eigenvalue weighted by Crippen LogP contribution is 2.28. The van der Waals surface area contributed by atoms with Gasteiger partial charge in [-0.2, -0.15) is 4.52 Å². The molecule has 0 radical (unpaired) electrons. The van der Waals surface area contributed by atoms with E-state index in [4.69, 9.17) is 5.10 Å². The Morgan fingerprint density at radius 3 is 2.52 bits per heavy atom. The van der Waals surface area contributed by atoms with Crippen LogP contribution in [0.5, 0.6) is 0 Å². The second-order valence-electron chi connectivity index (χ2n) is 8.57. The Morgan fingerprint density at radius 1 is 0.926 bits per heavy atom. The maximum absolute atomic E-state index is 4.85. The van der Waals surface area contributed by atoms with Crippen LogP contribution < -0.4 is 4.90 Å². The summed E-state index contributed by atoms with van der Waals surface area (Å²) in [6.07, 6.45) is 7.70. The van der Waals surface area contributed by atoms with Crippen LogP contribution in [0, 0.1) is 0 Å². The number of aromatic nitrogens is 4. The van der Waals surface area contributed by atoms with Gasteiger partial charge in [-0.25, -0.2) is 0 Å². The molecule has 3 fully saturated rings. The molecule has 27 heavy (non-hydrogen) atoms. The van der Waals surface area contributed by atoms with Gasteiger partial charge < -0.3 is 14.7 Å². The van der Waals surface area contributed by atoms with E-state index in [-0.39, 0.29) is 0 Å². The van der Waals surface area contributed by atoms with Gasteiger partial charge in [0, 0.05) is 31.6 Å². The fraction of sp³-hybridized carbons (Fsp3) is 0.750. The predicted octanol–water partition coefficient (Wildman–Crippen LogP) is 2.00. The van der Waals surface area contributed by atoms with E-state index in [2.05, 4.69) is 44.1 Å². The third-order valence-corrected chi connectivity index (χ3v) is 6.80. The standard InChI is InChI=1S/C20H31N7/c1-24-10-3-2-5-17(24)15-25-13-8-16(9-14-25)20-22-21-18-6-7-19(23-27(18)20)26-11-4-12-26/h6-7,16-17H,2-5,8-15H2,1H3. The van der Waals surface area contributed by atoms with Gasteiger partial charge in [0.2, 0.25) is 0 Å². The number of likely N-dealkylation sites (N-methyl/N-ethyl adjacent to an activating group) is 1. The Morgan fingerprint density at radius 2 is 1.78 bits per heavy atom. The van der Waals surface area contributed by atoms with Gasteiger partial charge in [0.05, 0.1) is 0 Å². The summed E-state index contributed by atoms with van der Waals surface area (Å²) in [5.74, 6) is 2.59. The molecule has 7 heteroatoms. The Bertz CT molecular complexity index is 776. The molecule has 3 saturated heterocycles. The molecule has 1 unspecified atom stereocenters. The average molecular weight is 370 g/mol. The van der Waals surface area contributed by atoms with Crippen molar-refractivity contribution in [2.75, 3.05) is 51.2 Å². The molecule has 5 heterocycles. The van der Waals surface area contributed by atoms with Gasteiger partial charge in [-0.15, -0.1) is 15.3 Å². The van der Waals surface area contributed by atoms with Crippen molar-refractivity contribution in [1.82, 2.24) is 29.6 Å². The summed E-state index contributed by atoms with van der Waals surface area (Å²) in [7, 11) is 2.29. The fourth-order valence-electron chi connectivity index (χ4n) is 4.81. The smallest absolute Gasteiger partial charge is 0.178 e. The minimum Gasteiger partial charge on any atom is -0.355 e. The van der Waals surface area contributed by atoms with E-state index >= 15 is 0 Å². The lowest BCUT2D eigenvalue weighted by Crippen LogP contribution is -2.46. The Kier molecular flexibility index (Phi) is 4.73. The van der Waals surface area contributed by atoms with Gasteiger partial charge in [0.15, 0.2) is 11.5 Å². The van der Waals surface area contributed by atoms with E-state index in [0.717, 1.165) is 62.4 Å². The molecule has 0 saturated carbocycles. The second kappa shape index (κ2) is 7.36.